The van der Waals surface area contributed by atoms with Crippen molar-refractivity contribution in [2.75, 3.05) is 5.32 Å². The third-order valence-electron chi connectivity index (χ3n) is 5.98. The lowest BCUT2D eigenvalue weighted by Crippen LogP contribution is -2.14. The monoisotopic (exact) mass is 490 g/mol. The van der Waals surface area contributed by atoms with Crippen molar-refractivity contribution < 1.29 is 18.0 Å². The molecule has 4 aromatic rings. The van der Waals surface area contributed by atoms with E-state index in [1.54, 1.807) is 12.1 Å². The lowest BCUT2D eigenvalue weighted by atomic mass is 10.1. The van der Waals surface area contributed by atoms with Gasteiger partial charge in [-0.1, -0.05) is 56.5 Å². The number of unbranched alkanes of at least 4 members (excludes halogenated alkanes) is 3. The number of imidazole rings is 1. The maximum absolute atomic E-state index is 13.3. The Balaban J connectivity index is 1.65. The van der Waals surface area contributed by atoms with E-state index in [9.17, 15) is 18.0 Å². The van der Waals surface area contributed by atoms with Gasteiger partial charge in [-0.25, -0.2) is 4.98 Å². The van der Waals surface area contributed by atoms with Gasteiger partial charge in [0.25, 0.3) is 5.91 Å². The Morgan fingerprint density at radius 1 is 1.03 bits per heavy atom. The molecule has 36 heavy (non-hydrogen) atoms. The van der Waals surface area contributed by atoms with E-state index in [4.69, 9.17) is 10.2 Å². The molecule has 5 nitrogen and oxygen atoms in total. The molecule has 0 saturated carbocycles. The summed E-state index contributed by atoms with van der Waals surface area (Å²) in [6.07, 6.45) is -0.305. The van der Waals surface area contributed by atoms with Crippen LogP contribution in [0, 0.1) is 11.3 Å². The molecular weight excluding hydrogens is 465 g/mol. The molecule has 0 aliphatic rings. The number of amides is 1. The molecule has 0 aliphatic heterocycles. The van der Waals surface area contributed by atoms with E-state index in [0.29, 0.717) is 5.52 Å². The molecule has 0 unspecified atom stereocenters. The van der Waals surface area contributed by atoms with Gasteiger partial charge in [-0.15, -0.1) is 0 Å². The molecule has 0 spiro atoms. The first-order valence-electron chi connectivity index (χ1n) is 11.8. The average Bonchev–Trinajstić information content (AvgIpc) is 3.24. The highest BCUT2D eigenvalue weighted by atomic mass is 19.4. The van der Waals surface area contributed by atoms with Crippen LogP contribution in [-0.2, 0) is 12.7 Å². The molecule has 184 valence electrons. The highest BCUT2D eigenvalue weighted by Crippen LogP contribution is 2.34. The molecule has 0 saturated heterocycles. The Morgan fingerprint density at radius 2 is 1.81 bits per heavy atom. The van der Waals surface area contributed by atoms with Crippen LogP contribution in [-0.4, -0.2) is 15.5 Å². The van der Waals surface area contributed by atoms with E-state index in [-0.39, 0.29) is 11.3 Å². The second kappa shape index (κ2) is 10.6. The van der Waals surface area contributed by atoms with Crippen LogP contribution in [0.15, 0.2) is 66.7 Å². The molecule has 0 aliphatic carbocycles. The van der Waals surface area contributed by atoms with Crippen molar-refractivity contribution in [3.05, 3.63) is 83.4 Å². The first-order valence-corrected chi connectivity index (χ1v) is 11.8. The summed E-state index contributed by atoms with van der Waals surface area (Å²) in [6, 6.07) is 19.6. The van der Waals surface area contributed by atoms with Crippen LogP contribution >= 0.6 is 0 Å². The topological polar surface area (TPSA) is 70.7 Å². The number of carbonyl (C=O) groups is 1. The van der Waals surface area contributed by atoms with Gasteiger partial charge in [-0.05, 0) is 42.8 Å². The minimum absolute atomic E-state index is 0.0437. The minimum Gasteiger partial charge on any atom is -0.324 e. The first kappa shape index (κ1) is 25.0. The van der Waals surface area contributed by atoms with Crippen molar-refractivity contribution in [3.63, 3.8) is 0 Å². The largest absolute Gasteiger partial charge is 0.417 e. The summed E-state index contributed by atoms with van der Waals surface area (Å²) in [7, 11) is 0. The van der Waals surface area contributed by atoms with Crippen molar-refractivity contribution in [2.45, 2.75) is 45.3 Å². The van der Waals surface area contributed by atoms with Crippen LogP contribution < -0.4 is 5.32 Å². The fourth-order valence-corrected chi connectivity index (χ4v) is 4.16. The van der Waals surface area contributed by atoms with Crippen molar-refractivity contribution >= 4 is 22.6 Å². The summed E-state index contributed by atoms with van der Waals surface area (Å²) in [6.45, 7) is 2.95. The van der Waals surface area contributed by atoms with Gasteiger partial charge in [0, 0.05) is 23.4 Å². The number of aromatic nitrogens is 2. The molecule has 1 aromatic heterocycles. The third-order valence-corrected chi connectivity index (χ3v) is 5.98. The normalized spacial score (nSPS) is 11.4. The van der Waals surface area contributed by atoms with Crippen molar-refractivity contribution in [1.29, 1.82) is 5.26 Å². The molecule has 0 atom stereocenters. The zero-order valence-corrected chi connectivity index (χ0v) is 19.8. The van der Waals surface area contributed by atoms with Gasteiger partial charge in [0.15, 0.2) is 0 Å². The number of carbonyl (C=O) groups excluding carboxylic acids is 1. The van der Waals surface area contributed by atoms with E-state index >= 15 is 0 Å². The molecule has 4 rings (SSSR count). The lowest BCUT2D eigenvalue weighted by molar-refractivity contribution is -0.137. The Labute approximate surface area is 207 Å². The summed E-state index contributed by atoms with van der Waals surface area (Å²) in [5.41, 5.74) is 1.13. The Hall–Kier alpha value is -4.12. The van der Waals surface area contributed by atoms with Gasteiger partial charge >= 0.3 is 6.18 Å². The lowest BCUT2D eigenvalue weighted by Gasteiger charge is -2.12. The predicted molar refractivity (Wildman–Crippen MR) is 133 cm³/mol. The van der Waals surface area contributed by atoms with Gasteiger partial charge in [0.2, 0.25) is 0 Å². The van der Waals surface area contributed by atoms with Crippen LogP contribution in [0.5, 0.6) is 0 Å². The number of fused-ring (bicyclic) bond motifs is 1. The molecule has 0 bridgehead atoms. The molecule has 0 radical (unpaired) electrons. The number of nitrogens with zero attached hydrogens (tertiary/aromatic N) is 3. The van der Waals surface area contributed by atoms with Gasteiger partial charge in [0.05, 0.1) is 28.2 Å². The SMILES string of the molecule is CCCCCCn1c(-c2ccccc2)nc2cc(C(=O)Nc3ccc(C#N)c(C(F)(F)F)c3)ccc21. The second-order valence-corrected chi connectivity index (χ2v) is 8.54. The fourth-order valence-electron chi connectivity index (χ4n) is 4.16. The summed E-state index contributed by atoms with van der Waals surface area (Å²) >= 11 is 0. The van der Waals surface area contributed by atoms with Gasteiger partial charge < -0.3 is 9.88 Å². The molecule has 1 amide bonds. The molecule has 3 aromatic carbocycles. The number of rotatable bonds is 8. The van der Waals surface area contributed by atoms with Crippen LogP contribution in [0.1, 0.15) is 54.1 Å². The zero-order valence-electron chi connectivity index (χ0n) is 19.8. The molecule has 0 fully saturated rings. The average molecular weight is 491 g/mol. The maximum Gasteiger partial charge on any atom is 0.417 e. The number of nitriles is 1. The van der Waals surface area contributed by atoms with Crippen LogP contribution in [0.2, 0.25) is 0 Å². The Bertz CT molecular complexity index is 1420. The van der Waals surface area contributed by atoms with Crippen molar-refractivity contribution in [2.24, 2.45) is 0 Å². The number of nitrogens with one attached hydrogen (secondary N) is 1. The first-order chi connectivity index (χ1) is 17.3. The van der Waals surface area contributed by atoms with Crippen LogP contribution in [0.3, 0.4) is 0 Å². The predicted octanol–water partition coefficient (Wildman–Crippen LogP) is 7.43. The Morgan fingerprint density at radius 3 is 2.50 bits per heavy atom. The van der Waals surface area contributed by atoms with Gasteiger partial charge in [-0.3, -0.25) is 4.79 Å². The van der Waals surface area contributed by atoms with Gasteiger partial charge in [-0.2, -0.15) is 18.4 Å². The van der Waals surface area contributed by atoms with Gasteiger partial charge in [0.1, 0.15) is 5.82 Å². The Kier molecular flexibility index (Phi) is 7.39. The number of aryl methyl sites for hydroxylation is 1. The third kappa shape index (κ3) is 5.41. The summed E-state index contributed by atoms with van der Waals surface area (Å²) in [5.74, 6) is 0.245. The molecule has 1 N–H and O–H groups in total. The zero-order chi connectivity index (χ0) is 25.7. The number of alkyl halides is 3. The van der Waals surface area contributed by atoms with E-state index in [2.05, 4.69) is 16.8 Å². The van der Waals surface area contributed by atoms with Crippen molar-refractivity contribution in [3.8, 4) is 17.5 Å². The fraction of sp³-hybridized carbons (Fsp3) is 0.250. The maximum atomic E-state index is 13.3. The summed E-state index contributed by atoms with van der Waals surface area (Å²) < 4.78 is 42.0. The molecule has 8 heteroatoms. The highest BCUT2D eigenvalue weighted by molar-refractivity contribution is 6.06. The number of benzene rings is 3. The van der Waals surface area contributed by atoms with Crippen LogP contribution in [0.4, 0.5) is 18.9 Å². The number of hydrogen-bond donors (Lipinski definition) is 1. The van der Waals surface area contributed by atoms with E-state index in [1.807, 2.05) is 36.4 Å². The number of anilines is 1. The highest BCUT2D eigenvalue weighted by Gasteiger charge is 2.34. The quantitative estimate of drug-likeness (QED) is 0.261. The smallest absolute Gasteiger partial charge is 0.324 e. The van der Waals surface area contributed by atoms with E-state index in [1.165, 1.54) is 12.1 Å². The number of halogens is 3. The molecular formula is C28H25F3N4O. The van der Waals surface area contributed by atoms with Crippen molar-refractivity contribution in [1.82, 2.24) is 9.55 Å². The van der Waals surface area contributed by atoms with E-state index < -0.39 is 23.2 Å². The number of hydrogen-bond acceptors (Lipinski definition) is 3. The second-order valence-electron chi connectivity index (χ2n) is 8.54. The van der Waals surface area contributed by atoms with Crippen LogP contribution in [0.25, 0.3) is 22.4 Å². The summed E-state index contributed by atoms with van der Waals surface area (Å²) in [5, 5.41) is 11.5. The minimum atomic E-state index is -4.71. The summed E-state index contributed by atoms with van der Waals surface area (Å²) in [4.78, 5) is 17.7. The van der Waals surface area contributed by atoms with E-state index in [0.717, 1.165) is 61.3 Å². The standard InChI is InChI=1S/C28H25F3N4O/c1-2-3-4-8-15-35-25-14-12-20(16-24(25)34-26(35)19-9-6-5-7-10-19)27(36)33-22-13-11-21(18-32)23(17-22)28(29,30)31/h5-7,9-14,16-17H,2-4,8,15H2,1H3,(H,33,36). The molecule has 1 heterocycles.